The molecule has 0 saturated carbocycles. The molecule has 2 rings (SSSR count). The fraction of sp³-hybridized carbons (Fsp3) is 0.692. The first-order chi connectivity index (χ1) is 7.94. The molecule has 0 bridgehead atoms. The van der Waals surface area contributed by atoms with Gasteiger partial charge in [0.1, 0.15) is 0 Å². The van der Waals surface area contributed by atoms with Crippen LogP contribution in [0.2, 0.25) is 0 Å². The Hall–Kier alpha value is -0.610. The summed E-state index contributed by atoms with van der Waals surface area (Å²) in [6.45, 7) is 5.35. The lowest BCUT2D eigenvalue weighted by Crippen LogP contribution is -2.35. The Labute approximate surface area is 104 Å². The Morgan fingerprint density at radius 3 is 2.82 bits per heavy atom. The van der Waals surface area contributed by atoms with Crippen LogP contribution in [-0.4, -0.2) is 26.8 Å². The van der Waals surface area contributed by atoms with E-state index in [2.05, 4.69) is 25.2 Å². The summed E-state index contributed by atoms with van der Waals surface area (Å²) < 4.78 is 22.5. The molecule has 3 atom stereocenters. The first-order valence-corrected chi connectivity index (χ1v) is 7.98. The maximum Gasteiger partial charge on any atom is 0.173 e. The number of hydrogen-bond donors (Lipinski definition) is 1. The van der Waals surface area contributed by atoms with Crippen LogP contribution in [0.1, 0.15) is 26.7 Å². The second-order valence-electron chi connectivity index (χ2n) is 5.47. The summed E-state index contributed by atoms with van der Waals surface area (Å²) >= 11 is 0. The van der Waals surface area contributed by atoms with Crippen LogP contribution >= 0.6 is 0 Å². The van der Waals surface area contributed by atoms with Crippen LogP contribution < -0.4 is 5.32 Å². The number of nitrogens with one attached hydrogen (secondary N) is 1. The minimum atomic E-state index is -2.92. The van der Waals surface area contributed by atoms with Crippen molar-refractivity contribution >= 4 is 9.84 Å². The molecule has 0 amide bonds. The van der Waals surface area contributed by atoms with Crippen molar-refractivity contribution in [3.8, 4) is 0 Å². The van der Waals surface area contributed by atoms with Gasteiger partial charge in [0.2, 0.25) is 0 Å². The van der Waals surface area contributed by atoms with Gasteiger partial charge in [-0.05, 0) is 38.1 Å². The molecule has 4 heteroatoms. The summed E-state index contributed by atoms with van der Waals surface area (Å²) in [6, 6.07) is 0.0153. The van der Waals surface area contributed by atoms with Crippen molar-refractivity contribution in [2.75, 3.05) is 12.3 Å². The fourth-order valence-electron chi connectivity index (χ4n) is 2.86. The predicted molar refractivity (Wildman–Crippen MR) is 70.4 cm³/mol. The van der Waals surface area contributed by atoms with E-state index in [0.717, 1.165) is 13.0 Å². The number of rotatable bonds is 3. The highest BCUT2D eigenvalue weighted by Crippen LogP contribution is 2.27. The van der Waals surface area contributed by atoms with Crippen molar-refractivity contribution in [1.29, 1.82) is 0 Å². The van der Waals surface area contributed by atoms with Crippen LogP contribution in [0.15, 0.2) is 23.1 Å². The lowest BCUT2D eigenvalue weighted by atomic mass is 9.83. The summed E-state index contributed by atoms with van der Waals surface area (Å²) in [5, 5.41) is 4.69. The van der Waals surface area contributed by atoms with Gasteiger partial charge in [0, 0.05) is 11.4 Å². The molecule has 0 aromatic rings. The average molecular weight is 255 g/mol. The first kappa shape index (κ1) is 12.8. The third kappa shape index (κ3) is 3.68. The molecule has 17 heavy (non-hydrogen) atoms. The lowest BCUT2D eigenvalue weighted by molar-refractivity contribution is 0.376. The van der Waals surface area contributed by atoms with Crippen molar-refractivity contribution < 1.29 is 8.42 Å². The fourth-order valence-corrected chi connectivity index (χ4v) is 4.13. The molecule has 0 aromatic carbocycles. The second-order valence-corrected chi connectivity index (χ2v) is 7.40. The van der Waals surface area contributed by atoms with E-state index >= 15 is 0 Å². The molecule has 1 heterocycles. The van der Waals surface area contributed by atoms with E-state index in [9.17, 15) is 8.42 Å². The van der Waals surface area contributed by atoms with Crippen LogP contribution in [0.5, 0.6) is 0 Å². The number of hydrogen-bond acceptors (Lipinski definition) is 3. The highest BCUT2D eigenvalue weighted by Gasteiger charge is 2.23. The largest absolute Gasteiger partial charge is 0.309 e. The van der Waals surface area contributed by atoms with E-state index in [4.69, 9.17) is 0 Å². The standard InChI is InChI=1S/C13H21NO2S/c1-10-5-11(2)7-12(6-10)8-14-13-3-4-17(15,16)9-13/h3-5,10,12-14H,6-9H2,1-2H3. The average Bonchev–Trinajstić information content (AvgIpc) is 2.54. The zero-order chi connectivity index (χ0) is 12.5. The summed E-state index contributed by atoms with van der Waals surface area (Å²) in [5.74, 6) is 1.52. The summed E-state index contributed by atoms with van der Waals surface area (Å²) in [5.41, 5.74) is 1.46. The summed E-state index contributed by atoms with van der Waals surface area (Å²) in [6.07, 6.45) is 6.45. The topological polar surface area (TPSA) is 46.2 Å². The third-order valence-corrected chi connectivity index (χ3v) is 4.88. The normalized spacial score (nSPS) is 35.9. The summed E-state index contributed by atoms with van der Waals surface area (Å²) in [4.78, 5) is 0. The minimum Gasteiger partial charge on any atom is -0.309 e. The van der Waals surface area contributed by atoms with E-state index in [-0.39, 0.29) is 11.8 Å². The quantitative estimate of drug-likeness (QED) is 0.783. The summed E-state index contributed by atoms with van der Waals surface area (Å²) in [7, 11) is -2.92. The minimum absolute atomic E-state index is 0.0153. The maximum absolute atomic E-state index is 11.3. The zero-order valence-electron chi connectivity index (χ0n) is 10.5. The molecule has 1 aliphatic carbocycles. The predicted octanol–water partition coefficient (Wildman–Crippen LogP) is 1.88. The smallest absolute Gasteiger partial charge is 0.173 e. The van der Waals surface area contributed by atoms with Gasteiger partial charge in [-0.3, -0.25) is 0 Å². The van der Waals surface area contributed by atoms with Gasteiger partial charge in [-0.2, -0.15) is 0 Å². The van der Waals surface area contributed by atoms with Crippen molar-refractivity contribution in [3.63, 3.8) is 0 Å². The highest BCUT2D eigenvalue weighted by atomic mass is 32.2. The monoisotopic (exact) mass is 255 g/mol. The molecule has 0 radical (unpaired) electrons. The molecule has 1 N–H and O–H groups in total. The van der Waals surface area contributed by atoms with Gasteiger partial charge < -0.3 is 5.32 Å². The van der Waals surface area contributed by atoms with Gasteiger partial charge in [-0.25, -0.2) is 8.42 Å². The van der Waals surface area contributed by atoms with E-state index in [0.29, 0.717) is 11.8 Å². The van der Waals surface area contributed by atoms with Crippen LogP contribution in [0.4, 0.5) is 0 Å². The molecule has 0 spiro atoms. The Morgan fingerprint density at radius 1 is 1.47 bits per heavy atom. The number of allylic oxidation sites excluding steroid dienone is 2. The molecule has 3 unspecified atom stereocenters. The molecular formula is C13H21NO2S. The molecule has 1 aliphatic heterocycles. The SMILES string of the molecule is CC1=CC(C)CC(CNC2C=CS(=O)(=O)C2)C1. The molecule has 0 fully saturated rings. The third-order valence-electron chi connectivity index (χ3n) is 3.48. The molecule has 96 valence electrons. The zero-order valence-corrected chi connectivity index (χ0v) is 11.3. The second kappa shape index (κ2) is 4.94. The first-order valence-electron chi connectivity index (χ1n) is 6.26. The highest BCUT2D eigenvalue weighted by molar-refractivity contribution is 7.94. The van der Waals surface area contributed by atoms with Gasteiger partial charge in [0.25, 0.3) is 0 Å². The van der Waals surface area contributed by atoms with E-state index in [1.807, 2.05) is 0 Å². The molecule has 0 saturated heterocycles. The molecule has 2 aliphatic rings. The number of sulfone groups is 1. The van der Waals surface area contributed by atoms with Crippen molar-refractivity contribution in [1.82, 2.24) is 5.32 Å². The van der Waals surface area contributed by atoms with Gasteiger partial charge in [-0.15, -0.1) is 0 Å². The van der Waals surface area contributed by atoms with Crippen LogP contribution in [-0.2, 0) is 9.84 Å². The molecule has 3 nitrogen and oxygen atoms in total. The van der Waals surface area contributed by atoms with Gasteiger partial charge in [0.05, 0.1) is 5.75 Å². The van der Waals surface area contributed by atoms with E-state index in [1.54, 1.807) is 6.08 Å². The van der Waals surface area contributed by atoms with Gasteiger partial charge >= 0.3 is 0 Å². The molecule has 0 aromatic heterocycles. The lowest BCUT2D eigenvalue weighted by Gasteiger charge is -2.26. The Balaban J connectivity index is 1.80. The Kier molecular flexibility index (Phi) is 3.73. The van der Waals surface area contributed by atoms with Gasteiger partial charge in [0.15, 0.2) is 9.84 Å². The van der Waals surface area contributed by atoms with Crippen LogP contribution in [0.25, 0.3) is 0 Å². The van der Waals surface area contributed by atoms with Crippen molar-refractivity contribution in [2.45, 2.75) is 32.7 Å². The van der Waals surface area contributed by atoms with E-state index < -0.39 is 9.84 Å². The maximum atomic E-state index is 11.3. The van der Waals surface area contributed by atoms with E-state index in [1.165, 1.54) is 17.4 Å². The molecular weight excluding hydrogens is 234 g/mol. The van der Waals surface area contributed by atoms with Crippen LogP contribution in [0.3, 0.4) is 0 Å². The van der Waals surface area contributed by atoms with Crippen molar-refractivity contribution in [3.05, 3.63) is 23.1 Å². The Bertz CT molecular complexity index is 436. The van der Waals surface area contributed by atoms with Crippen LogP contribution in [0, 0.1) is 11.8 Å². The van der Waals surface area contributed by atoms with Crippen molar-refractivity contribution in [2.24, 2.45) is 11.8 Å². The van der Waals surface area contributed by atoms with Gasteiger partial charge in [-0.1, -0.05) is 24.6 Å². The Morgan fingerprint density at radius 2 is 2.24 bits per heavy atom.